The second-order valence-corrected chi connectivity index (χ2v) is 6.72. The van der Waals surface area contributed by atoms with Crippen molar-refractivity contribution >= 4 is 11.3 Å². The van der Waals surface area contributed by atoms with Crippen molar-refractivity contribution in [3.05, 3.63) is 45.9 Å². The van der Waals surface area contributed by atoms with Gasteiger partial charge in [-0.1, -0.05) is 31.5 Å². The minimum Gasteiger partial charge on any atom is -0.486 e. The van der Waals surface area contributed by atoms with Crippen molar-refractivity contribution in [1.29, 1.82) is 0 Å². The highest BCUT2D eigenvalue weighted by Crippen LogP contribution is 2.16. The Morgan fingerprint density at radius 1 is 1.27 bits per heavy atom. The van der Waals surface area contributed by atoms with E-state index >= 15 is 0 Å². The fraction of sp³-hybridized carbons (Fsp3) is 0.471. The molecule has 0 bridgehead atoms. The van der Waals surface area contributed by atoms with Gasteiger partial charge in [-0.05, 0) is 25.0 Å². The monoisotopic (exact) mass is 320 g/mol. The molecular weight excluding hydrogens is 296 g/mol. The van der Waals surface area contributed by atoms with E-state index in [9.17, 15) is 5.11 Å². The SMILES string of the molecule is Cc1ccc(OCc2nc(CNCC(O)C(C)C)cs2)cc1. The summed E-state index contributed by atoms with van der Waals surface area (Å²) in [6.45, 7) is 7.82. The van der Waals surface area contributed by atoms with Crippen LogP contribution in [0.25, 0.3) is 0 Å². The van der Waals surface area contributed by atoms with Gasteiger partial charge in [0.15, 0.2) is 0 Å². The van der Waals surface area contributed by atoms with Crippen LogP contribution in [0.5, 0.6) is 5.75 Å². The molecule has 120 valence electrons. The van der Waals surface area contributed by atoms with Crippen LogP contribution in [-0.4, -0.2) is 22.7 Å². The highest BCUT2D eigenvalue weighted by Gasteiger charge is 2.09. The van der Waals surface area contributed by atoms with Crippen molar-refractivity contribution in [2.45, 2.75) is 40.0 Å². The quantitative estimate of drug-likeness (QED) is 0.784. The predicted molar refractivity (Wildman–Crippen MR) is 90.2 cm³/mol. The fourth-order valence-electron chi connectivity index (χ4n) is 1.86. The predicted octanol–water partition coefficient (Wildman–Crippen LogP) is 3.14. The number of benzene rings is 1. The lowest BCUT2D eigenvalue weighted by molar-refractivity contribution is 0.123. The van der Waals surface area contributed by atoms with Crippen molar-refractivity contribution in [3.8, 4) is 5.75 Å². The molecule has 0 spiro atoms. The van der Waals surface area contributed by atoms with Gasteiger partial charge in [-0.3, -0.25) is 0 Å². The van der Waals surface area contributed by atoms with Gasteiger partial charge in [-0.15, -0.1) is 11.3 Å². The van der Waals surface area contributed by atoms with Gasteiger partial charge in [-0.25, -0.2) is 4.98 Å². The first kappa shape index (κ1) is 16.9. The van der Waals surface area contributed by atoms with Gasteiger partial charge in [-0.2, -0.15) is 0 Å². The highest BCUT2D eigenvalue weighted by atomic mass is 32.1. The molecule has 1 aromatic carbocycles. The number of aryl methyl sites for hydroxylation is 1. The van der Waals surface area contributed by atoms with E-state index in [1.54, 1.807) is 11.3 Å². The van der Waals surface area contributed by atoms with Crippen LogP contribution in [0.2, 0.25) is 0 Å². The molecule has 0 radical (unpaired) electrons. The van der Waals surface area contributed by atoms with Crippen LogP contribution < -0.4 is 10.1 Å². The van der Waals surface area contributed by atoms with E-state index in [-0.39, 0.29) is 12.0 Å². The summed E-state index contributed by atoms with van der Waals surface area (Å²) in [6, 6.07) is 8.01. The molecule has 1 heterocycles. The topological polar surface area (TPSA) is 54.4 Å². The Morgan fingerprint density at radius 2 is 2.00 bits per heavy atom. The number of hydrogen-bond acceptors (Lipinski definition) is 5. The van der Waals surface area contributed by atoms with Gasteiger partial charge < -0.3 is 15.2 Å². The summed E-state index contributed by atoms with van der Waals surface area (Å²) in [5.74, 6) is 1.13. The third-order valence-electron chi connectivity index (χ3n) is 3.41. The number of nitrogens with one attached hydrogen (secondary N) is 1. The maximum atomic E-state index is 9.74. The van der Waals surface area contributed by atoms with E-state index < -0.39 is 0 Å². The zero-order chi connectivity index (χ0) is 15.9. The molecule has 2 N–H and O–H groups in total. The first-order valence-electron chi connectivity index (χ1n) is 7.56. The molecule has 4 nitrogen and oxygen atoms in total. The van der Waals surface area contributed by atoms with Crippen LogP contribution in [0.1, 0.15) is 30.1 Å². The Kier molecular flexibility index (Phi) is 6.36. The van der Waals surface area contributed by atoms with Gasteiger partial charge in [0, 0.05) is 18.5 Å². The summed E-state index contributed by atoms with van der Waals surface area (Å²) in [6.07, 6.45) is -0.317. The number of rotatable bonds is 8. The molecule has 0 saturated carbocycles. The summed E-state index contributed by atoms with van der Waals surface area (Å²) in [7, 11) is 0. The van der Waals surface area contributed by atoms with E-state index in [4.69, 9.17) is 4.74 Å². The number of hydrogen-bond donors (Lipinski definition) is 2. The standard InChI is InChI=1S/C17H24N2O2S/c1-12(2)16(20)9-18-8-14-11-22-17(19-14)10-21-15-6-4-13(3)5-7-15/h4-7,11-12,16,18,20H,8-10H2,1-3H3. The van der Waals surface area contributed by atoms with E-state index in [0.717, 1.165) is 16.5 Å². The highest BCUT2D eigenvalue weighted by molar-refractivity contribution is 7.09. The third-order valence-corrected chi connectivity index (χ3v) is 4.28. The van der Waals surface area contributed by atoms with Crippen molar-refractivity contribution in [2.75, 3.05) is 6.54 Å². The molecule has 5 heteroatoms. The molecule has 1 unspecified atom stereocenters. The summed E-state index contributed by atoms with van der Waals surface area (Å²) in [5.41, 5.74) is 2.21. The van der Waals surface area contributed by atoms with E-state index in [0.29, 0.717) is 19.7 Å². The first-order valence-corrected chi connectivity index (χ1v) is 8.44. The molecular formula is C17H24N2O2S. The lowest BCUT2D eigenvalue weighted by Gasteiger charge is -2.14. The smallest absolute Gasteiger partial charge is 0.140 e. The Hall–Kier alpha value is -1.43. The number of aromatic nitrogens is 1. The van der Waals surface area contributed by atoms with E-state index in [2.05, 4.69) is 17.2 Å². The molecule has 1 atom stereocenters. The molecule has 0 fully saturated rings. The Bertz CT molecular complexity index is 566. The van der Waals surface area contributed by atoms with Gasteiger partial charge >= 0.3 is 0 Å². The molecule has 0 aliphatic carbocycles. The molecule has 0 aliphatic rings. The number of aliphatic hydroxyl groups is 1. The largest absolute Gasteiger partial charge is 0.486 e. The van der Waals surface area contributed by atoms with E-state index in [1.807, 2.05) is 43.5 Å². The lowest BCUT2D eigenvalue weighted by atomic mass is 10.1. The Labute approximate surface area is 136 Å². The Balaban J connectivity index is 1.75. The van der Waals surface area contributed by atoms with Gasteiger partial charge in [0.25, 0.3) is 0 Å². The summed E-state index contributed by atoms with van der Waals surface area (Å²) < 4.78 is 5.72. The maximum absolute atomic E-state index is 9.74. The van der Waals surface area contributed by atoms with Crippen LogP contribution in [0.3, 0.4) is 0 Å². The first-order chi connectivity index (χ1) is 10.5. The second kappa shape index (κ2) is 8.27. The molecule has 22 heavy (non-hydrogen) atoms. The molecule has 1 aromatic heterocycles. The van der Waals surface area contributed by atoms with Crippen LogP contribution in [-0.2, 0) is 13.2 Å². The van der Waals surface area contributed by atoms with E-state index in [1.165, 1.54) is 5.56 Å². The van der Waals surface area contributed by atoms with Crippen molar-refractivity contribution in [2.24, 2.45) is 5.92 Å². The molecule has 0 aliphatic heterocycles. The van der Waals surface area contributed by atoms with Crippen LogP contribution in [0, 0.1) is 12.8 Å². The summed E-state index contributed by atoms with van der Waals surface area (Å²) in [4.78, 5) is 4.53. The van der Waals surface area contributed by atoms with Crippen molar-refractivity contribution < 1.29 is 9.84 Å². The number of aliphatic hydroxyl groups excluding tert-OH is 1. The molecule has 2 aromatic rings. The minimum atomic E-state index is -0.317. The number of ether oxygens (including phenoxy) is 1. The summed E-state index contributed by atoms with van der Waals surface area (Å²) >= 11 is 1.60. The summed E-state index contributed by atoms with van der Waals surface area (Å²) in [5, 5.41) is 16.0. The number of nitrogens with zero attached hydrogens (tertiary/aromatic N) is 1. The van der Waals surface area contributed by atoms with Crippen molar-refractivity contribution in [3.63, 3.8) is 0 Å². The van der Waals surface area contributed by atoms with Crippen molar-refractivity contribution in [1.82, 2.24) is 10.3 Å². The third kappa shape index (κ3) is 5.40. The zero-order valence-corrected chi connectivity index (χ0v) is 14.2. The van der Waals surface area contributed by atoms with Crippen LogP contribution >= 0.6 is 11.3 Å². The lowest BCUT2D eigenvalue weighted by Crippen LogP contribution is -2.30. The van der Waals surface area contributed by atoms with Crippen LogP contribution in [0.15, 0.2) is 29.6 Å². The molecule has 0 saturated heterocycles. The maximum Gasteiger partial charge on any atom is 0.140 e. The zero-order valence-electron chi connectivity index (χ0n) is 13.4. The molecule has 0 amide bonds. The normalized spacial score (nSPS) is 12.6. The Morgan fingerprint density at radius 3 is 2.68 bits per heavy atom. The average molecular weight is 320 g/mol. The fourth-order valence-corrected chi connectivity index (χ4v) is 2.56. The van der Waals surface area contributed by atoms with Crippen LogP contribution in [0.4, 0.5) is 0 Å². The second-order valence-electron chi connectivity index (χ2n) is 5.78. The van der Waals surface area contributed by atoms with Gasteiger partial charge in [0.1, 0.15) is 17.4 Å². The average Bonchev–Trinajstić information content (AvgIpc) is 2.94. The number of thiazole rings is 1. The van der Waals surface area contributed by atoms with Gasteiger partial charge in [0.05, 0.1) is 11.8 Å². The van der Waals surface area contributed by atoms with Gasteiger partial charge in [0.2, 0.25) is 0 Å². The molecule has 2 rings (SSSR count). The minimum absolute atomic E-state index is 0.265.